The van der Waals surface area contributed by atoms with Crippen molar-refractivity contribution in [3.8, 4) is 5.75 Å². The van der Waals surface area contributed by atoms with E-state index in [2.05, 4.69) is 5.32 Å². The molecule has 0 aliphatic rings. The molecule has 0 aliphatic heterocycles. The number of carbonyl (C=O) groups is 1. The molecule has 0 fully saturated rings. The zero-order chi connectivity index (χ0) is 18.3. The molecular weight excluding hydrogens is 341 g/mol. The monoisotopic (exact) mass is 361 g/mol. The van der Waals surface area contributed by atoms with Gasteiger partial charge in [-0.2, -0.15) is 0 Å². The zero-order valence-corrected chi connectivity index (χ0v) is 15.2. The Kier molecular flexibility index (Phi) is 6.53. The molecule has 0 aliphatic carbocycles. The van der Waals surface area contributed by atoms with Gasteiger partial charge < -0.3 is 19.1 Å². The number of nitrogens with one attached hydrogen (secondary N) is 1. The minimum atomic E-state index is -3.63. The summed E-state index contributed by atoms with van der Waals surface area (Å²) >= 11 is 0. The molecule has 0 radical (unpaired) electrons. The zero-order valence-electron chi connectivity index (χ0n) is 14.3. The molecular formula is C18H20NO5P. The van der Waals surface area contributed by atoms with Crippen molar-refractivity contribution in [2.45, 2.75) is 0 Å². The molecule has 7 heteroatoms. The lowest BCUT2D eigenvalue weighted by atomic mass is 10.2. The summed E-state index contributed by atoms with van der Waals surface area (Å²) in [5.41, 5.74) is 0.980. The highest BCUT2D eigenvalue weighted by Gasteiger charge is 2.31. The van der Waals surface area contributed by atoms with Crippen molar-refractivity contribution in [3.05, 3.63) is 71.9 Å². The van der Waals surface area contributed by atoms with E-state index in [9.17, 15) is 9.36 Å². The largest absolute Gasteiger partial charge is 0.496 e. The van der Waals surface area contributed by atoms with Crippen molar-refractivity contribution >= 4 is 18.8 Å². The first-order valence-corrected chi connectivity index (χ1v) is 9.01. The molecule has 6 nitrogen and oxygen atoms in total. The van der Waals surface area contributed by atoms with Gasteiger partial charge in [0.1, 0.15) is 5.75 Å². The second-order valence-electron chi connectivity index (χ2n) is 4.93. The van der Waals surface area contributed by atoms with E-state index in [0.29, 0.717) is 16.9 Å². The van der Waals surface area contributed by atoms with Gasteiger partial charge in [-0.1, -0.05) is 36.4 Å². The highest BCUT2D eigenvalue weighted by Crippen LogP contribution is 2.60. The van der Waals surface area contributed by atoms with E-state index in [-0.39, 0.29) is 11.2 Å². The van der Waals surface area contributed by atoms with Crippen molar-refractivity contribution in [3.63, 3.8) is 0 Å². The third-order valence-electron chi connectivity index (χ3n) is 3.53. The summed E-state index contributed by atoms with van der Waals surface area (Å²) in [6, 6.07) is 15.7. The molecule has 1 N–H and O–H groups in total. The standard InChI is InChI=1S/C18H20NO5P/c1-22-16-12-8-7-11-15(16)17(25(21,23-2)24-3)13-19-18(20)14-9-5-4-6-10-14/h4-13H,1-3H3,(H,19,20). The van der Waals surface area contributed by atoms with Crippen LogP contribution in [0.15, 0.2) is 60.8 Å². The van der Waals surface area contributed by atoms with Crippen molar-refractivity contribution in [1.29, 1.82) is 0 Å². The van der Waals surface area contributed by atoms with Gasteiger partial charge in [0.25, 0.3) is 5.91 Å². The molecule has 0 saturated carbocycles. The van der Waals surface area contributed by atoms with Crippen LogP contribution >= 0.6 is 7.60 Å². The SMILES string of the molecule is COc1ccccc1C(=CNC(=O)c1ccccc1)P(=O)(OC)OC. The first-order valence-electron chi connectivity index (χ1n) is 7.47. The van der Waals surface area contributed by atoms with Crippen molar-refractivity contribution in [1.82, 2.24) is 5.32 Å². The van der Waals surface area contributed by atoms with E-state index in [1.165, 1.54) is 27.5 Å². The van der Waals surface area contributed by atoms with Gasteiger partial charge in [0.2, 0.25) is 0 Å². The van der Waals surface area contributed by atoms with Gasteiger partial charge in [-0.3, -0.25) is 9.36 Å². The van der Waals surface area contributed by atoms with Gasteiger partial charge in [0.05, 0.1) is 12.4 Å². The topological polar surface area (TPSA) is 73.9 Å². The van der Waals surface area contributed by atoms with E-state index in [1.807, 2.05) is 6.07 Å². The van der Waals surface area contributed by atoms with Crippen LogP contribution in [0.4, 0.5) is 0 Å². The van der Waals surface area contributed by atoms with Gasteiger partial charge >= 0.3 is 7.60 Å². The lowest BCUT2D eigenvalue weighted by Crippen LogP contribution is -2.17. The Morgan fingerprint density at radius 1 is 0.960 bits per heavy atom. The van der Waals surface area contributed by atoms with Crippen molar-refractivity contribution in [2.75, 3.05) is 21.3 Å². The number of carbonyl (C=O) groups excluding carboxylic acids is 1. The first kappa shape index (κ1) is 18.9. The maximum absolute atomic E-state index is 12.9. The Morgan fingerprint density at radius 2 is 1.56 bits per heavy atom. The van der Waals surface area contributed by atoms with Gasteiger partial charge in [0, 0.05) is 31.5 Å². The first-order chi connectivity index (χ1) is 12.1. The van der Waals surface area contributed by atoms with Crippen molar-refractivity contribution < 1.29 is 23.1 Å². The van der Waals surface area contributed by atoms with Crippen LogP contribution < -0.4 is 10.1 Å². The summed E-state index contributed by atoms with van der Waals surface area (Å²) in [6.07, 6.45) is 1.33. The molecule has 0 bridgehead atoms. The molecule has 0 saturated heterocycles. The van der Waals surface area contributed by atoms with E-state index in [1.54, 1.807) is 48.5 Å². The average molecular weight is 361 g/mol. The molecule has 0 spiro atoms. The highest BCUT2D eigenvalue weighted by molar-refractivity contribution is 7.65. The van der Waals surface area contributed by atoms with Crippen LogP contribution in [0, 0.1) is 0 Å². The summed E-state index contributed by atoms with van der Waals surface area (Å²) in [7, 11) is 0.437. The number of methoxy groups -OCH3 is 1. The van der Waals surface area contributed by atoms with E-state index in [4.69, 9.17) is 13.8 Å². The van der Waals surface area contributed by atoms with Crippen LogP contribution in [0.1, 0.15) is 15.9 Å². The molecule has 0 aromatic heterocycles. The number of benzene rings is 2. The minimum absolute atomic E-state index is 0.194. The predicted molar refractivity (Wildman–Crippen MR) is 96.5 cm³/mol. The summed E-state index contributed by atoms with van der Waals surface area (Å²) in [6.45, 7) is 0. The van der Waals surface area contributed by atoms with Crippen molar-refractivity contribution in [2.24, 2.45) is 0 Å². The number of rotatable bonds is 7. The van der Waals surface area contributed by atoms with Gasteiger partial charge in [-0.05, 0) is 18.2 Å². The van der Waals surface area contributed by atoms with E-state index >= 15 is 0 Å². The van der Waals surface area contributed by atoms with Crippen LogP contribution in [-0.2, 0) is 13.6 Å². The van der Waals surface area contributed by atoms with Crippen LogP contribution in [0.5, 0.6) is 5.75 Å². The predicted octanol–water partition coefficient (Wildman–Crippen LogP) is 3.91. The fourth-order valence-electron chi connectivity index (χ4n) is 2.24. The number of ether oxygens (including phenoxy) is 1. The van der Waals surface area contributed by atoms with Crippen LogP contribution in [0.3, 0.4) is 0 Å². The number of hydrogen-bond acceptors (Lipinski definition) is 5. The molecule has 25 heavy (non-hydrogen) atoms. The van der Waals surface area contributed by atoms with E-state index in [0.717, 1.165) is 0 Å². The molecule has 2 aromatic rings. The maximum Gasteiger partial charge on any atom is 0.363 e. The van der Waals surface area contributed by atoms with Gasteiger partial charge in [0.15, 0.2) is 0 Å². The molecule has 0 heterocycles. The quantitative estimate of drug-likeness (QED) is 0.757. The lowest BCUT2D eigenvalue weighted by Gasteiger charge is -2.19. The normalized spacial score (nSPS) is 11.9. The Labute approximate surface area is 147 Å². The second-order valence-corrected chi connectivity index (χ2v) is 7.14. The average Bonchev–Trinajstić information content (AvgIpc) is 2.68. The fraction of sp³-hybridized carbons (Fsp3) is 0.167. The summed E-state index contributed by atoms with van der Waals surface area (Å²) in [5, 5.41) is 2.83. The van der Waals surface area contributed by atoms with Crippen LogP contribution in [0.2, 0.25) is 0 Å². The molecule has 132 valence electrons. The van der Waals surface area contributed by atoms with Crippen LogP contribution in [0.25, 0.3) is 5.31 Å². The Balaban J connectivity index is 2.45. The Hall–Kier alpha value is -2.40. The molecule has 2 aromatic carbocycles. The molecule has 0 unspecified atom stereocenters. The Bertz CT molecular complexity index is 796. The Morgan fingerprint density at radius 3 is 2.16 bits per heavy atom. The van der Waals surface area contributed by atoms with Gasteiger partial charge in [-0.15, -0.1) is 0 Å². The van der Waals surface area contributed by atoms with E-state index < -0.39 is 7.60 Å². The molecule has 1 amide bonds. The minimum Gasteiger partial charge on any atom is -0.496 e. The smallest absolute Gasteiger partial charge is 0.363 e. The second kappa shape index (κ2) is 8.62. The summed E-state index contributed by atoms with van der Waals surface area (Å²) in [5.74, 6) is 0.142. The molecule has 0 atom stereocenters. The van der Waals surface area contributed by atoms with Gasteiger partial charge in [-0.25, -0.2) is 0 Å². The molecule has 2 rings (SSSR count). The third-order valence-corrected chi connectivity index (χ3v) is 5.46. The number of hydrogen-bond donors (Lipinski definition) is 1. The summed E-state index contributed by atoms with van der Waals surface area (Å²) in [4.78, 5) is 12.3. The third kappa shape index (κ3) is 4.37. The highest BCUT2D eigenvalue weighted by atomic mass is 31.2. The fourth-order valence-corrected chi connectivity index (χ4v) is 3.48. The van der Waals surface area contributed by atoms with Crippen LogP contribution in [-0.4, -0.2) is 27.2 Å². The number of para-hydroxylation sites is 1. The number of amides is 1. The summed E-state index contributed by atoms with van der Waals surface area (Å²) < 4.78 is 28.5. The maximum atomic E-state index is 12.9. The lowest BCUT2D eigenvalue weighted by molar-refractivity contribution is 0.0970.